The maximum atomic E-state index is 13.1. The molecular formula is C18H17FN6OS. The fourth-order valence-electron chi connectivity index (χ4n) is 2.57. The molecule has 3 aromatic rings. The molecule has 0 bridgehead atoms. The van der Waals surface area contributed by atoms with E-state index in [-0.39, 0.29) is 17.5 Å². The van der Waals surface area contributed by atoms with Gasteiger partial charge in [-0.05, 0) is 44.0 Å². The van der Waals surface area contributed by atoms with Gasteiger partial charge >= 0.3 is 0 Å². The zero-order valence-electron chi connectivity index (χ0n) is 14.6. The molecule has 0 unspecified atom stereocenters. The molecule has 0 atom stereocenters. The van der Waals surface area contributed by atoms with Gasteiger partial charge in [0.05, 0.1) is 22.6 Å². The number of aromatic nitrogens is 3. The van der Waals surface area contributed by atoms with E-state index in [0.717, 1.165) is 5.01 Å². The highest BCUT2D eigenvalue weighted by molar-refractivity contribution is 7.13. The Bertz CT molecular complexity index is 1000. The van der Waals surface area contributed by atoms with Crippen LogP contribution in [0.3, 0.4) is 0 Å². The maximum Gasteiger partial charge on any atom is 0.263 e. The molecular weight excluding hydrogens is 367 g/mol. The van der Waals surface area contributed by atoms with Crippen LogP contribution in [-0.2, 0) is 6.42 Å². The fraction of sp³-hybridized carbons (Fsp3) is 0.222. The van der Waals surface area contributed by atoms with Gasteiger partial charge in [0.25, 0.3) is 5.91 Å². The second-order valence-corrected chi connectivity index (χ2v) is 7.04. The first kappa shape index (κ1) is 18.5. The average Bonchev–Trinajstić information content (AvgIpc) is 3.22. The number of anilines is 1. The molecule has 138 valence electrons. The minimum absolute atomic E-state index is 0.169. The normalized spacial score (nSPS) is 10.6. The zero-order chi connectivity index (χ0) is 19.4. The number of nitrogens with two attached hydrogens (primary N) is 1. The molecule has 0 fully saturated rings. The van der Waals surface area contributed by atoms with Crippen LogP contribution in [0.5, 0.6) is 0 Å². The summed E-state index contributed by atoms with van der Waals surface area (Å²) < 4.78 is 14.5. The number of hydrogen-bond donors (Lipinski definition) is 2. The largest absolute Gasteiger partial charge is 0.382 e. The number of nitrogens with zero attached hydrogens (tertiary/aromatic N) is 4. The predicted molar refractivity (Wildman–Crippen MR) is 100 cm³/mol. The minimum atomic E-state index is -0.364. The van der Waals surface area contributed by atoms with Crippen molar-refractivity contribution in [2.45, 2.75) is 19.8 Å². The van der Waals surface area contributed by atoms with Gasteiger partial charge in [-0.1, -0.05) is 0 Å². The minimum Gasteiger partial charge on any atom is -0.382 e. The van der Waals surface area contributed by atoms with E-state index in [1.807, 2.05) is 6.92 Å². The molecule has 9 heteroatoms. The van der Waals surface area contributed by atoms with Gasteiger partial charge < -0.3 is 11.1 Å². The van der Waals surface area contributed by atoms with E-state index in [0.29, 0.717) is 41.2 Å². The molecule has 1 aromatic carbocycles. The molecule has 2 heterocycles. The van der Waals surface area contributed by atoms with E-state index in [1.165, 1.54) is 28.2 Å². The molecule has 0 aliphatic heterocycles. The number of nitrogen functional groups attached to an aromatic ring is 1. The van der Waals surface area contributed by atoms with Crippen molar-refractivity contribution in [1.29, 1.82) is 5.26 Å². The molecule has 0 radical (unpaired) electrons. The predicted octanol–water partition coefficient (Wildman–Crippen LogP) is 2.59. The van der Waals surface area contributed by atoms with E-state index in [9.17, 15) is 14.4 Å². The highest BCUT2D eigenvalue weighted by atomic mass is 32.1. The number of nitrogens with one attached hydrogen (secondary N) is 1. The average molecular weight is 384 g/mol. The lowest BCUT2D eigenvalue weighted by Crippen LogP contribution is -2.24. The summed E-state index contributed by atoms with van der Waals surface area (Å²) in [5.41, 5.74) is 7.44. The molecule has 0 saturated carbocycles. The topological polar surface area (TPSA) is 110 Å². The second-order valence-electron chi connectivity index (χ2n) is 5.81. The summed E-state index contributed by atoms with van der Waals surface area (Å²) in [6, 6.07) is 7.76. The Morgan fingerprint density at radius 1 is 1.41 bits per heavy atom. The monoisotopic (exact) mass is 384 g/mol. The molecule has 3 N–H and O–H groups in total. The Balaban J connectivity index is 1.65. The standard InChI is InChI=1S/C18H17FN6OS/c1-11-23-10-16(27-11)18(26)22-8-2-3-15-14(9-20)17(21)25(24-15)13-6-4-12(19)5-7-13/h4-7,10H,2-3,8,21H2,1H3,(H,22,26). The molecule has 3 rings (SSSR count). The van der Waals surface area contributed by atoms with Gasteiger partial charge in [-0.25, -0.2) is 14.1 Å². The van der Waals surface area contributed by atoms with Crippen molar-refractivity contribution in [1.82, 2.24) is 20.1 Å². The van der Waals surface area contributed by atoms with Gasteiger partial charge in [-0.3, -0.25) is 4.79 Å². The van der Waals surface area contributed by atoms with E-state index < -0.39 is 0 Å². The number of benzene rings is 1. The molecule has 0 aliphatic carbocycles. The number of amides is 1. The number of carbonyl (C=O) groups is 1. The summed E-state index contributed by atoms with van der Waals surface area (Å²) in [6.45, 7) is 2.27. The van der Waals surface area contributed by atoms with Crippen LogP contribution in [0.1, 0.15) is 32.4 Å². The van der Waals surface area contributed by atoms with Crippen LogP contribution in [0.15, 0.2) is 30.5 Å². The van der Waals surface area contributed by atoms with Crippen LogP contribution in [0.25, 0.3) is 5.69 Å². The maximum absolute atomic E-state index is 13.1. The van der Waals surface area contributed by atoms with Crippen LogP contribution in [0, 0.1) is 24.1 Å². The number of hydrogen-bond acceptors (Lipinski definition) is 6. The van der Waals surface area contributed by atoms with Gasteiger partial charge in [0.2, 0.25) is 0 Å². The molecule has 2 aromatic heterocycles. The SMILES string of the molecule is Cc1ncc(C(=O)NCCCc2nn(-c3ccc(F)cc3)c(N)c2C#N)s1. The highest BCUT2D eigenvalue weighted by Gasteiger charge is 2.16. The van der Waals surface area contributed by atoms with Gasteiger partial charge in [0.1, 0.15) is 28.1 Å². The lowest BCUT2D eigenvalue weighted by Gasteiger charge is -2.03. The summed E-state index contributed by atoms with van der Waals surface area (Å²) in [7, 11) is 0. The van der Waals surface area contributed by atoms with E-state index in [1.54, 1.807) is 18.3 Å². The van der Waals surface area contributed by atoms with Crippen molar-refractivity contribution in [2.75, 3.05) is 12.3 Å². The number of aryl methyl sites for hydroxylation is 2. The van der Waals surface area contributed by atoms with Gasteiger partial charge in [0.15, 0.2) is 0 Å². The van der Waals surface area contributed by atoms with Crippen LogP contribution >= 0.6 is 11.3 Å². The number of rotatable bonds is 6. The fourth-order valence-corrected chi connectivity index (χ4v) is 3.26. The Morgan fingerprint density at radius 3 is 2.78 bits per heavy atom. The van der Waals surface area contributed by atoms with E-state index >= 15 is 0 Å². The Morgan fingerprint density at radius 2 is 2.15 bits per heavy atom. The van der Waals surface area contributed by atoms with E-state index in [2.05, 4.69) is 21.5 Å². The van der Waals surface area contributed by atoms with Gasteiger partial charge in [-0.2, -0.15) is 10.4 Å². The number of halogens is 1. The smallest absolute Gasteiger partial charge is 0.263 e. The number of thiazole rings is 1. The summed E-state index contributed by atoms with van der Waals surface area (Å²) in [5, 5.41) is 17.4. The van der Waals surface area contributed by atoms with Gasteiger partial charge in [0, 0.05) is 6.54 Å². The third-order valence-electron chi connectivity index (χ3n) is 3.90. The van der Waals surface area contributed by atoms with Crippen molar-refractivity contribution >= 4 is 23.1 Å². The first-order valence-electron chi connectivity index (χ1n) is 8.23. The molecule has 0 saturated heterocycles. The number of carbonyl (C=O) groups excluding carboxylic acids is 1. The number of nitriles is 1. The zero-order valence-corrected chi connectivity index (χ0v) is 15.4. The van der Waals surface area contributed by atoms with Gasteiger partial charge in [-0.15, -0.1) is 11.3 Å². The summed E-state index contributed by atoms with van der Waals surface area (Å²) in [6.07, 6.45) is 2.62. The van der Waals surface area contributed by atoms with Crippen molar-refractivity contribution < 1.29 is 9.18 Å². The molecule has 0 spiro atoms. The molecule has 27 heavy (non-hydrogen) atoms. The highest BCUT2D eigenvalue weighted by Crippen LogP contribution is 2.21. The Kier molecular flexibility index (Phi) is 5.47. The lowest BCUT2D eigenvalue weighted by atomic mass is 10.1. The van der Waals surface area contributed by atoms with Crippen LogP contribution in [-0.4, -0.2) is 27.2 Å². The Labute approximate surface area is 159 Å². The first-order chi connectivity index (χ1) is 13.0. The van der Waals surface area contributed by atoms with Crippen molar-refractivity contribution in [3.8, 4) is 11.8 Å². The molecule has 7 nitrogen and oxygen atoms in total. The molecule has 1 amide bonds. The third kappa shape index (κ3) is 4.12. The van der Waals surface area contributed by atoms with Crippen molar-refractivity contribution in [3.05, 3.63) is 57.4 Å². The van der Waals surface area contributed by atoms with Crippen molar-refractivity contribution in [2.24, 2.45) is 0 Å². The van der Waals surface area contributed by atoms with Crippen LogP contribution in [0.4, 0.5) is 10.2 Å². The van der Waals surface area contributed by atoms with Crippen LogP contribution < -0.4 is 11.1 Å². The molecule has 0 aliphatic rings. The lowest BCUT2D eigenvalue weighted by molar-refractivity contribution is 0.0957. The quantitative estimate of drug-likeness (QED) is 0.635. The third-order valence-corrected chi connectivity index (χ3v) is 4.81. The first-order valence-corrected chi connectivity index (χ1v) is 9.05. The second kappa shape index (κ2) is 7.97. The van der Waals surface area contributed by atoms with E-state index in [4.69, 9.17) is 5.73 Å². The summed E-state index contributed by atoms with van der Waals surface area (Å²) >= 11 is 1.34. The van der Waals surface area contributed by atoms with Crippen molar-refractivity contribution in [3.63, 3.8) is 0 Å². The summed E-state index contributed by atoms with van der Waals surface area (Å²) in [5.74, 6) is -0.321. The Hall–Kier alpha value is -3.25. The summed E-state index contributed by atoms with van der Waals surface area (Å²) in [4.78, 5) is 16.6. The van der Waals surface area contributed by atoms with Crippen LogP contribution in [0.2, 0.25) is 0 Å².